The lowest BCUT2D eigenvalue weighted by atomic mass is 10.00. The molecule has 1 aromatic carbocycles. The molecule has 0 spiro atoms. The zero-order valence-corrected chi connectivity index (χ0v) is 8.72. The summed E-state index contributed by atoms with van der Waals surface area (Å²) in [7, 11) is 0. The van der Waals surface area contributed by atoms with Crippen LogP contribution in [-0.2, 0) is 6.42 Å². The highest BCUT2D eigenvalue weighted by molar-refractivity contribution is 5.52. The number of aliphatic hydroxyl groups excluding tert-OH is 1. The molecule has 1 aliphatic rings. The first-order valence-corrected chi connectivity index (χ1v) is 5.28. The average molecular weight is 223 g/mol. The molecule has 0 aromatic heterocycles. The lowest BCUT2D eigenvalue weighted by molar-refractivity contribution is -0.385. The molecule has 2 rings (SSSR count). The number of hydrogen-bond donors (Lipinski definition) is 2. The van der Waals surface area contributed by atoms with Crippen molar-refractivity contribution in [1.82, 2.24) is 0 Å². The van der Waals surface area contributed by atoms with Gasteiger partial charge in [0.2, 0.25) is 0 Å². The molecule has 0 aliphatic heterocycles. The second kappa shape index (κ2) is 4.09. The molecule has 2 N–H and O–H groups in total. The highest BCUT2D eigenvalue weighted by atomic mass is 16.6. The summed E-state index contributed by atoms with van der Waals surface area (Å²) >= 11 is 0. The predicted octanol–water partition coefficient (Wildman–Crippen LogP) is 2.06. The van der Waals surface area contributed by atoms with Gasteiger partial charge in [-0.3, -0.25) is 10.1 Å². The van der Waals surface area contributed by atoms with E-state index >= 15 is 0 Å². The summed E-state index contributed by atoms with van der Waals surface area (Å²) < 4.78 is 0. The van der Waals surface area contributed by atoms with Crippen molar-refractivity contribution in [3.8, 4) is 5.75 Å². The highest BCUT2D eigenvalue weighted by Gasteiger charge is 2.22. The molecule has 5 nitrogen and oxygen atoms in total. The summed E-state index contributed by atoms with van der Waals surface area (Å²) in [6.45, 7) is 0. The summed E-state index contributed by atoms with van der Waals surface area (Å²) in [6.07, 6.45) is 2.54. The van der Waals surface area contributed by atoms with E-state index < -0.39 is 11.0 Å². The fourth-order valence-corrected chi connectivity index (χ4v) is 2.12. The van der Waals surface area contributed by atoms with Gasteiger partial charge in [-0.05, 0) is 36.5 Å². The fraction of sp³-hybridized carbons (Fsp3) is 0.455. The number of hydrogen-bond acceptors (Lipinski definition) is 4. The first-order chi connectivity index (χ1) is 7.59. The van der Waals surface area contributed by atoms with E-state index in [1.807, 2.05) is 0 Å². The molecule has 0 saturated carbocycles. The molecule has 0 amide bonds. The molecule has 1 unspecified atom stereocenters. The third-order valence-corrected chi connectivity index (χ3v) is 2.97. The minimum atomic E-state index is -0.621. The minimum Gasteiger partial charge on any atom is -0.502 e. The molecule has 0 saturated heterocycles. The maximum atomic E-state index is 10.7. The van der Waals surface area contributed by atoms with Gasteiger partial charge in [0.25, 0.3) is 0 Å². The molecule has 16 heavy (non-hydrogen) atoms. The Hall–Kier alpha value is -1.62. The van der Waals surface area contributed by atoms with Crippen LogP contribution in [0.4, 0.5) is 5.69 Å². The van der Waals surface area contributed by atoms with Crippen LogP contribution in [0, 0.1) is 10.1 Å². The monoisotopic (exact) mass is 223 g/mol. The van der Waals surface area contributed by atoms with E-state index in [9.17, 15) is 20.3 Å². The molecule has 0 fully saturated rings. The minimum absolute atomic E-state index is 0.284. The molecule has 0 bridgehead atoms. The second-order valence-corrected chi connectivity index (χ2v) is 4.06. The maximum absolute atomic E-state index is 10.7. The first-order valence-electron chi connectivity index (χ1n) is 5.28. The normalized spacial score (nSPS) is 19.9. The molecule has 0 heterocycles. The number of aromatic hydroxyl groups is 1. The van der Waals surface area contributed by atoms with Crippen molar-refractivity contribution >= 4 is 5.69 Å². The van der Waals surface area contributed by atoms with Crippen LogP contribution in [0.15, 0.2) is 12.1 Å². The number of aliphatic hydroxyl groups is 1. The molecule has 1 aliphatic carbocycles. The number of fused-ring (bicyclic) bond motifs is 1. The van der Waals surface area contributed by atoms with Crippen molar-refractivity contribution in [2.24, 2.45) is 0 Å². The van der Waals surface area contributed by atoms with Crippen LogP contribution < -0.4 is 0 Å². The molecule has 1 atom stereocenters. The first kappa shape index (κ1) is 10.9. The number of benzene rings is 1. The number of nitrogens with zero attached hydrogens (tertiary/aromatic N) is 1. The van der Waals surface area contributed by atoms with E-state index in [0.717, 1.165) is 18.4 Å². The Balaban J connectivity index is 2.52. The number of nitro benzene ring substituents is 1. The SMILES string of the molecule is O=[N+]([O-])c1cc2c(cc1O)C(O)CCCC2. The molecule has 86 valence electrons. The molecule has 5 heteroatoms. The third-order valence-electron chi connectivity index (χ3n) is 2.97. The topological polar surface area (TPSA) is 83.6 Å². The number of nitro groups is 1. The van der Waals surface area contributed by atoms with Gasteiger partial charge in [-0.1, -0.05) is 6.42 Å². The van der Waals surface area contributed by atoms with Gasteiger partial charge in [-0.25, -0.2) is 0 Å². The Morgan fingerprint density at radius 2 is 2.12 bits per heavy atom. The number of aryl methyl sites for hydroxylation is 1. The van der Waals surface area contributed by atoms with Crippen LogP contribution in [0.25, 0.3) is 0 Å². The van der Waals surface area contributed by atoms with Gasteiger partial charge >= 0.3 is 5.69 Å². The van der Waals surface area contributed by atoms with Crippen LogP contribution in [0.3, 0.4) is 0 Å². The zero-order valence-electron chi connectivity index (χ0n) is 8.72. The Kier molecular flexibility index (Phi) is 2.78. The standard InChI is InChI=1S/C11H13NO4/c13-10-4-2-1-3-7-5-9(12(15)16)11(14)6-8(7)10/h5-6,10,13-14H,1-4H2. The van der Waals surface area contributed by atoms with E-state index in [-0.39, 0.29) is 11.4 Å². The van der Waals surface area contributed by atoms with Crippen molar-refractivity contribution in [3.63, 3.8) is 0 Å². The zero-order chi connectivity index (χ0) is 11.7. The Morgan fingerprint density at radius 3 is 2.81 bits per heavy atom. The quantitative estimate of drug-likeness (QED) is 0.433. The summed E-state index contributed by atoms with van der Waals surface area (Å²) in [5.74, 6) is -0.371. The average Bonchev–Trinajstić information content (AvgIpc) is 2.40. The predicted molar refractivity (Wildman–Crippen MR) is 57.3 cm³/mol. The van der Waals surface area contributed by atoms with Crippen LogP contribution in [0.2, 0.25) is 0 Å². The number of phenolic OH excluding ortho intramolecular Hbond substituents is 1. The molecular weight excluding hydrogens is 210 g/mol. The van der Waals surface area contributed by atoms with E-state index in [1.165, 1.54) is 12.1 Å². The molecule has 0 radical (unpaired) electrons. The van der Waals surface area contributed by atoms with Crippen LogP contribution in [0.5, 0.6) is 5.75 Å². The second-order valence-electron chi connectivity index (χ2n) is 4.06. The van der Waals surface area contributed by atoms with Crippen LogP contribution in [0.1, 0.15) is 36.5 Å². The van der Waals surface area contributed by atoms with Crippen molar-refractivity contribution in [2.75, 3.05) is 0 Å². The third kappa shape index (κ3) is 1.86. The number of rotatable bonds is 1. The molecular formula is C11H13NO4. The maximum Gasteiger partial charge on any atom is 0.310 e. The van der Waals surface area contributed by atoms with E-state index in [4.69, 9.17) is 0 Å². The van der Waals surface area contributed by atoms with Gasteiger partial charge in [0.15, 0.2) is 5.75 Å². The Labute approximate surface area is 92.5 Å². The van der Waals surface area contributed by atoms with Gasteiger partial charge in [0.1, 0.15) is 0 Å². The van der Waals surface area contributed by atoms with Crippen molar-refractivity contribution < 1.29 is 15.1 Å². The van der Waals surface area contributed by atoms with Crippen molar-refractivity contribution in [2.45, 2.75) is 31.8 Å². The lowest BCUT2D eigenvalue weighted by Gasteiger charge is -2.11. The van der Waals surface area contributed by atoms with E-state index in [1.54, 1.807) is 0 Å². The van der Waals surface area contributed by atoms with Crippen LogP contribution >= 0.6 is 0 Å². The summed E-state index contributed by atoms with van der Waals surface area (Å²) in [5.41, 5.74) is 1.11. The van der Waals surface area contributed by atoms with E-state index in [0.29, 0.717) is 18.4 Å². The Morgan fingerprint density at radius 1 is 1.38 bits per heavy atom. The van der Waals surface area contributed by atoms with Gasteiger partial charge in [-0.15, -0.1) is 0 Å². The highest BCUT2D eigenvalue weighted by Crippen LogP contribution is 2.36. The van der Waals surface area contributed by atoms with Gasteiger partial charge in [-0.2, -0.15) is 0 Å². The summed E-state index contributed by atoms with van der Waals surface area (Å²) in [6, 6.07) is 2.70. The Bertz CT molecular complexity index is 430. The smallest absolute Gasteiger partial charge is 0.310 e. The van der Waals surface area contributed by atoms with Crippen molar-refractivity contribution in [1.29, 1.82) is 0 Å². The summed E-state index contributed by atoms with van der Waals surface area (Å²) in [4.78, 5) is 10.1. The largest absolute Gasteiger partial charge is 0.502 e. The van der Waals surface area contributed by atoms with Crippen LogP contribution in [-0.4, -0.2) is 15.1 Å². The van der Waals surface area contributed by atoms with Gasteiger partial charge in [0, 0.05) is 6.07 Å². The molecule has 1 aromatic rings. The summed E-state index contributed by atoms with van der Waals surface area (Å²) in [5, 5.41) is 30.0. The fourth-order valence-electron chi connectivity index (χ4n) is 2.12. The van der Waals surface area contributed by atoms with E-state index in [2.05, 4.69) is 0 Å². The number of phenols is 1. The van der Waals surface area contributed by atoms with Gasteiger partial charge in [0.05, 0.1) is 11.0 Å². The van der Waals surface area contributed by atoms with Crippen molar-refractivity contribution in [3.05, 3.63) is 33.4 Å². The van der Waals surface area contributed by atoms with Gasteiger partial charge < -0.3 is 10.2 Å². The lowest BCUT2D eigenvalue weighted by Crippen LogP contribution is -2.00.